The average molecular weight is 299 g/mol. The van der Waals surface area contributed by atoms with E-state index in [0.717, 1.165) is 23.3 Å². The normalized spacial score (nSPS) is 9.86. The van der Waals surface area contributed by atoms with E-state index in [0.29, 0.717) is 5.02 Å². The van der Waals surface area contributed by atoms with Gasteiger partial charge in [-0.2, -0.15) is 0 Å². The Morgan fingerprint density at radius 1 is 1.05 bits per heavy atom. The van der Waals surface area contributed by atoms with Gasteiger partial charge in [0.15, 0.2) is 0 Å². The van der Waals surface area contributed by atoms with Gasteiger partial charge in [-0.05, 0) is 48.7 Å². The Kier molecular flexibility index (Phi) is 5.72. The highest BCUT2D eigenvalue weighted by atomic mass is 35.5. The minimum Gasteiger partial charge on any atom is -0.497 e. The molecule has 0 amide bonds. The number of ether oxygens (including phenoxy) is 1. The molecule has 0 saturated carbocycles. The first-order chi connectivity index (χ1) is 10.2. The second-order valence-corrected chi connectivity index (χ2v) is 5.30. The number of hydrogen-bond donors (Lipinski definition) is 0. The molecule has 0 bridgehead atoms. The van der Waals surface area contributed by atoms with E-state index in [1.165, 1.54) is 18.4 Å². The number of aryl methyl sites for hydroxylation is 1. The highest BCUT2D eigenvalue weighted by molar-refractivity contribution is 6.31. The molecule has 2 aromatic carbocycles. The fourth-order valence-corrected chi connectivity index (χ4v) is 2.22. The number of unbranched alkanes of at least 4 members (excludes halogenated alkanes) is 1. The van der Waals surface area contributed by atoms with Crippen LogP contribution in [0.2, 0.25) is 5.02 Å². The lowest BCUT2D eigenvalue weighted by Gasteiger charge is -2.01. The van der Waals surface area contributed by atoms with Gasteiger partial charge in [-0.25, -0.2) is 0 Å². The summed E-state index contributed by atoms with van der Waals surface area (Å²) in [6.45, 7) is 2.21. The zero-order valence-electron chi connectivity index (χ0n) is 12.4. The van der Waals surface area contributed by atoms with Crippen molar-refractivity contribution in [2.24, 2.45) is 0 Å². The molecular formula is C19H19ClO. The Balaban J connectivity index is 2.11. The Morgan fingerprint density at radius 2 is 1.81 bits per heavy atom. The van der Waals surface area contributed by atoms with Crippen molar-refractivity contribution < 1.29 is 4.74 Å². The van der Waals surface area contributed by atoms with Crippen molar-refractivity contribution in [1.29, 1.82) is 0 Å². The largest absolute Gasteiger partial charge is 0.497 e. The Labute approximate surface area is 131 Å². The molecule has 0 radical (unpaired) electrons. The highest BCUT2D eigenvalue weighted by Crippen LogP contribution is 2.21. The van der Waals surface area contributed by atoms with Gasteiger partial charge in [0.1, 0.15) is 5.75 Å². The standard InChI is InChI=1S/C19H19ClO/c1-3-4-5-15-6-8-16(9-7-15)10-11-17-12-13-18(21-2)14-19(17)20/h6-9,12-14H,3-5H2,1-2H3. The number of rotatable bonds is 4. The van der Waals surface area contributed by atoms with Crippen LogP contribution in [0.15, 0.2) is 42.5 Å². The molecule has 0 aromatic heterocycles. The van der Waals surface area contributed by atoms with E-state index >= 15 is 0 Å². The van der Waals surface area contributed by atoms with Crippen LogP contribution in [-0.2, 0) is 6.42 Å². The molecule has 0 heterocycles. The van der Waals surface area contributed by atoms with Gasteiger partial charge < -0.3 is 4.74 Å². The van der Waals surface area contributed by atoms with E-state index in [4.69, 9.17) is 16.3 Å². The summed E-state index contributed by atoms with van der Waals surface area (Å²) in [4.78, 5) is 0. The monoisotopic (exact) mass is 298 g/mol. The highest BCUT2D eigenvalue weighted by Gasteiger charge is 1.99. The van der Waals surface area contributed by atoms with Crippen LogP contribution in [0.4, 0.5) is 0 Å². The first-order valence-corrected chi connectivity index (χ1v) is 7.55. The van der Waals surface area contributed by atoms with Crippen LogP contribution < -0.4 is 4.74 Å². The van der Waals surface area contributed by atoms with E-state index < -0.39 is 0 Å². The summed E-state index contributed by atoms with van der Waals surface area (Å²) in [5.74, 6) is 6.99. The average Bonchev–Trinajstić information content (AvgIpc) is 2.52. The van der Waals surface area contributed by atoms with Crippen molar-refractivity contribution in [3.05, 3.63) is 64.2 Å². The van der Waals surface area contributed by atoms with Gasteiger partial charge in [-0.1, -0.05) is 48.9 Å². The lowest BCUT2D eigenvalue weighted by atomic mass is 10.1. The first-order valence-electron chi connectivity index (χ1n) is 7.17. The van der Waals surface area contributed by atoms with Crippen LogP contribution in [0.3, 0.4) is 0 Å². The lowest BCUT2D eigenvalue weighted by molar-refractivity contribution is 0.415. The number of hydrogen-bond acceptors (Lipinski definition) is 1. The van der Waals surface area contributed by atoms with Crippen LogP contribution in [0.25, 0.3) is 0 Å². The second-order valence-electron chi connectivity index (χ2n) is 4.90. The molecular weight excluding hydrogens is 280 g/mol. The third kappa shape index (κ3) is 4.55. The zero-order chi connectivity index (χ0) is 15.1. The summed E-state index contributed by atoms with van der Waals surface area (Å²) in [6.07, 6.45) is 3.58. The van der Waals surface area contributed by atoms with Gasteiger partial charge >= 0.3 is 0 Å². The summed E-state index contributed by atoms with van der Waals surface area (Å²) in [5, 5.41) is 0.612. The molecule has 2 heteroatoms. The Bertz CT molecular complexity index is 648. The van der Waals surface area contributed by atoms with Crippen molar-refractivity contribution in [3.63, 3.8) is 0 Å². The smallest absolute Gasteiger partial charge is 0.120 e. The molecule has 2 aromatic rings. The minimum atomic E-state index is 0.612. The lowest BCUT2D eigenvalue weighted by Crippen LogP contribution is -1.85. The molecule has 21 heavy (non-hydrogen) atoms. The second kappa shape index (κ2) is 7.76. The van der Waals surface area contributed by atoms with Gasteiger partial charge in [0.05, 0.1) is 12.1 Å². The molecule has 0 N–H and O–H groups in total. The predicted octanol–water partition coefficient (Wildman–Crippen LogP) is 5.09. The van der Waals surface area contributed by atoms with E-state index in [1.807, 2.05) is 12.1 Å². The molecule has 0 aliphatic heterocycles. The van der Waals surface area contributed by atoms with Gasteiger partial charge in [0.25, 0.3) is 0 Å². The maximum absolute atomic E-state index is 6.17. The molecule has 0 unspecified atom stereocenters. The summed E-state index contributed by atoms with van der Waals surface area (Å²) in [6, 6.07) is 13.9. The molecule has 108 valence electrons. The van der Waals surface area contributed by atoms with Crippen LogP contribution in [0, 0.1) is 11.8 Å². The molecule has 0 aliphatic rings. The van der Waals surface area contributed by atoms with Crippen molar-refractivity contribution in [2.45, 2.75) is 26.2 Å². The number of halogens is 1. The van der Waals surface area contributed by atoms with Gasteiger partial charge in [0, 0.05) is 11.1 Å². The summed E-state index contributed by atoms with van der Waals surface area (Å²) in [7, 11) is 1.62. The van der Waals surface area contributed by atoms with E-state index in [2.05, 4.69) is 43.0 Å². The van der Waals surface area contributed by atoms with Gasteiger partial charge in [0.2, 0.25) is 0 Å². The topological polar surface area (TPSA) is 9.23 Å². The van der Waals surface area contributed by atoms with E-state index in [1.54, 1.807) is 13.2 Å². The molecule has 0 aliphatic carbocycles. The fourth-order valence-electron chi connectivity index (χ4n) is 2.00. The van der Waals surface area contributed by atoms with Crippen molar-refractivity contribution in [1.82, 2.24) is 0 Å². The van der Waals surface area contributed by atoms with Crippen molar-refractivity contribution in [3.8, 4) is 17.6 Å². The Hall–Kier alpha value is -1.91. The Morgan fingerprint density at radius 3 is 2.43 bits per heavy atom. The van der Waals surface area contributed by atoms with Crippen LogP contribution in [0.1, 0.15) is 36.5 Å². The van der Waals surface area contributed by atoms with Crippen molar-refractivity contribution in [2.75, 3.05) is 7.11 Å². The molecule has 2 rings (SSSR count). The van der Waals surface area contributed by atoms with E-state index in [9.17, 15) is 0 Å². The first kappa shape index (κ1) is 15.5. The predicted molar refractivity (Wildman–Crippen MR) is 89.0 cm³/mol. The summed E-state index contributed by atoms with van der Waals surface area (Å²) >= 11 is 6.17. The molecule has 0 spiro atoms. The molecule has 0 fully saturated rings. The van der Waals surface area contributed by atoms with Crippen LogP contribution in [0.5, 0.6) is 5.75 Å². The third-order valence-corrected chi connectivity index (χ3v) is 3.60. The van der Waals surface area contributed by atoms with Gasteiger partial charge in [-0.15, -0.1) is 0 Å². The zero-order valence-corrected chi connectivity index (χ0v) is 13.2. The van der Waals surface area contributed by atoms with Crippen molar-refractivity contribution >= 4 is 11.6 Å². The third-order valence-electron chi connectivity index (χ3n) is 3.29. The molecule has 1 nitrogen and oxygen atoms in total. The quantitative estimate of drug-likeness (QED) is 0.714. The van der Waals surface area contributed by atoms with Crippen LogP contribution >= 0.6 is 11.6 Å². The minimum absolute atomic E-state index is 0.612. The van der Waals surface area contributed by atoms with Gasteiger partial charge in [-0.3, -0.25) is 0 Å². The number of methoxy groups -OCH3 is 1. The number of benzene rings is 2. The molecule has 0 saturated heterocycles. The van der Waals surface area contributed by atoms with E-state index in [-0.39, 0.29) is 0 Å². The summed E-state index contributed by atoms with van der Waals surface area (Å²) < 4.78 is 5.13. The fraction of sp³-hybridized carbons (Fsp3) is 0.263. The molecule has 0 atom stereocenters. The maximum atomic E-state index is 6.17. The van der Waals surface area contributed by atoms with Crippen LogP contribution in [-0.4, -0.2) is 7.11 Å². The summed E-state index contributed by atoms with van der Waals surface area (Å²) in [5.41, 5.74) is 3.18. The maximum Gasteiger partial charge on any atom is 0.120 e. The SMILES string of the molecule is CCCCc1ccc(C#Cc2ccc(OC)cc2Cl)cc1.